The molecule has 4 nitrogen and oxygen atoms in total. The molecule has 0 aromatic carbocycles. The van der Waals surface area contributed by atoms with E-state index < -0.39 is 12.1 Å². The highest BCUT2D eigenvalue weighted by Crippen LogP contribution is 1.94. The second kappa shape index (κ2) is 5.11. The minimum Gasteiger partial charge on any atom is -0.391 e. The molecular formula is C8H18N2O2. The zero-order valence-corrected chi connectivity index (χ0v) is 8.09. The fourth-order valence-corrected chi connectivity index (χ4v) is 0.949. The molecule has 1 amide bonds. The summed E-state index contributed by atoms with van der Waals surface area (Å²) in [5.41, 5.74) is 0. The van der Waals surface area contributed by atoms with Gasteiger partial charge in [-0.2, -0.15) is 0 Å². The molecule has 0 saturated heterocycles. The number of nitrogens with one attached hydrogen (secondary N) is 2. The van der Waals surface area contributed by atoms with Gasteiger partial charge in [0.1, 0.15) is 6.04 Å². The van der Waals surface area contributed by atoms with Crippen LogP contribution in [0.3, 0.4) is 0 Å². The molecule has 0 radical (unpaired) electrons. The molecular weight excluding hydrogens is 156 g/mol. The first-order valence-corrected chi connectivity index (χ1v) is 4.14. The second-order valence-corrected chi connectivity index (χ2v) is 3.15. The SMILES string of the molecule is CNC(=O)[C@@H](NC(C)C)[C@H](C)O. The van der Waals surface area contributed by atoms with E-state index in [-0.39, 0.29) is 11.9 Å². The molecule has 12 heavy (non-hydrogen) atoms. The summed E-state index contributed by atoms with van der Waals surface area (Å²) in [6.07, 6.45) is -0.674. The number of rotatable bonds is 4. The Bertz CT molecular complexity index is 146. The van der Waals surface area contributed by atoms with Crippen molar-refractivity contribution in [1.29, 1.82) is 0 Å². The molecule has 0 rings (SSSR count). The number of likely N-dealkylation sites (N-methyl/N-ethyl adjacent to an activating group) is 1. The van der Waals surface area contributed by atoms with Crippen LogP contribution in [0.2, 0.25) is 0 Å². The van der Waals surface area contributed by atoms with Gasteiger partial charge in [-0.3, -0.25) is 4.79 Å². The minimum atomic E-state index is -0.674. The molecule has 0 spiro atoms. The fraction of sp³-hybridized carbons (Fsp3) is 0.875. The Balaban J connectivity index is 4.13. The first-order valence-electron chi connectivity index (χ1n) is 4.14. The van der Waals surface area contributed by atoms with Crippen molar-refractivity contribution in [3.8, 4) is 0 Å². The molecule has 0 aliphatic carbocycles. The Hall–Kier alpha value is -0.610. The van der Waals surface area contributed by atoms with Gasteiger partial charge in [0.2, 0.25) is 5.91 Å². The normalized spacial score (nSPS) is 15.8. The minimum absolute atomic E-state index is 0.182. The van der Waals surface area contributed by atoms with Crippen LogP contribution in [0.4, 0.5) is 0 Å². The molecule has 0 saturated carbocycles. The molecule has 0 aromatic heterocycles. The fourth-order valence-electron chi connectivity index (χ4n) is 0.949. The highest BCUT2D eigenvalue weighted by Gasteiger charge is 2.22. The summed E-state index contributed by atoms with van der Waals surface area (Å²) in [6, 6.07) is -0.336. The van der Waals surface area contributed by atoms with Gasteiger partial charge in [-0.05, 0) is 6.92 Å². The molecule has 0 bridgehead atoms. The van der Waals surface area contributed by atoms with Crippen molar-refractivity contribution in [2.45, 2.75) is 39.0 Å². The van der Waals surface area contributed by atoms with Crippen LogP contribution in [0.15, 0.2) is 0 Å². The smallest absolute Gasteiger partial charge is 0.239 e. The predicted molar refractivity (Wildman–Crippen MR) is 47.8 cm³/mol. The van der Waals surface area contributed by atoms with Gasteiger partial charge in [-0.1, -0.05) is 13.8 Å². The van der Waals surface area contributed by atoms with Crippen molar-refractivity contribution in [1.82, 2.24) is 10.6 Å². The lowest BCUT2D eigenvalue weighted by Gasteiger charge is -2.21. The molecule has 0 heterocycles. The molecule has 0 aliphatic heterocycles. The molecule has 0 aliphatic rings. The average molecular weight is 174 g/mol. The molecule has 3 N–H and O–H groups in total. The van der Waals surface area contributed by atoms with Crippen molar-refractivity contribution >= 4 is 5.91 Å². The predicted octanol–water partition coefficient (Wildman–Crippen LogP) is -0.520. The van der Waals surface area contributed by atoms with Crippen molar-refractivity contribution in [2.24, 2.45) is 0 Å². The van der Waals surface area contributed by atoms with Gasteiger partial charge in [-0.25, -0.2) is 0 Å². The first kappa shape index (κ1) is 11.4. The number of aliphatic hydroxyl groups excluding tert-OH is 1. The van der Waals surface area contributed by atoms with Crippen molar-refractivity contribution in [3.05, 3.63) is 0 Å². The quantitative estimate of drug-likeness (QED) is 0.537. The zero-order valence-electron chi connectivity index (χ0n) is 8.09. The first-order chi connectivity index (χ1) is 5.49. The van der Waals surface area contributed by atoms with Gasteiger partial charge in [0.05, 0.1) is 6.10 Å². The third-order valence-electron chi connectivity index (χ3n) is 1.52. The third kappa shape index (κ3) is 3.69. The average Bonchev–Trinajstić information content (AvgIpc) is 1.98. The number of amides is 1. The summed E-state index contributed by atoms with van der Waals surface area (Å²) in [6.45, 7) is 5.45. The van der Waals surface area contributed by atoms with E-state index in [4.69, 9.17) is 0 Å². The molecule has 0 fully saturated rings. The summed E-state index contributed by atoms with van der Waals surface area (Å²) in [4.78, 5) is 11.2. The highest BCUT2D eigenvalue weighted by molar-refractivity contribution is 5.82. The van der Waals surface area contributed by atoms with Gasteiger partial charge in [0.15, 0.2) is 0 Å². The Morgan fingerprint density at radius 2 is 1.83 bits per heavy atom. The summed E-state index contributed by atoms with van der Waals surface area (Å²) in [5, 5.41) is 14.7. The monoisotopic (exact) mass is 174 g/mol. The van der Waals surface area contributed by atoms with Crippen LogP contribution in [0.5, 0.6) is 0 Å². The van der Waals surface area contributed by atoms with E-state index in [1.807, 2.05) is 13.8 Å². The Morgan fingerprint density at radius 3 is 2.08 bits per heavy atom. The second-order valence-electron chi connectivity index (χ2n) is 3.15. The van der Waals surface area contributed by atoms with E-state index in [2.05, 4.69) is 10.6 Å². The van der Waals surface area contributed by atoms with E-state index in [1.54, 1.807) is 14.0 Å². The highest BCUT2D eigenvalue weighted by atomic mass is 16.3. The third-order valence-corrected chi connectivity index (χ3v) is 1.52. The van der Waals surface area contributed by atoms with E-state index in [0.717, 1.165) is 0 Å². The lowest BCUT2D eigenvalue weighted by atomic mass is 10.1. The van der Waals surface area contributed by atoms with Gasteiger partial charge in [0, 0.05) is 13.1 Å². The van der Waals surface area contributed by atoms with Crippen LogP contribution in [0, 0.1) is 0 Å². The largest absolute Gasteiger partial charge is 0.391 e. The van der Waals surface area contributed by atoms with Crippen molar-refractivity contribution < 1.29 is 9.90 Å². The molecule has 0 unspecified atom stereocenters. The standard InChI is InChI=1S/C8H18N2O2/c1-5(2)10-7(6(3)11)8(12)9-4/h5-7,10-11H,1-4H3,(H,9,12)/t6-,7-/m0/s1. The number of hydrogen-bond acceptors (Lipinski definition) is 3. The van der Waals surface area contributed by atoms with Gasteiger partial charge in [0.25, 0.3) is 0 Å². The van der Waals surface area contributed by atoms with E-state index >= 15 is 0 Å². The molecule has 72 valence electrons. The number of carbonyl (C=O) groups is 1. The Kier molecular flexibility index (Phi) is 4.85. The van der Waals surface area contributed by atoms with Gasteiger partial charge in [-0.15, -0.1) is 0 Å². The van der Waals surface area contributed by atoms with E-state index in [9.17, 15) is 9.90 Å². The van der Waals surface area contributed by atoms with Crippen LogP contribution in [0.1, 0.15) is 20.8 Å². The summed E-state index contributed by atoms with van der Waals surface area (Å²) in [7, 11) is 1.56. The van der Waals surface area contributed by atoms with Crippen LogP contribution in [0.25, 0.3) is 0 Å². The summed E-state index contributed by atoms with van der Waals surface area (Å²) >= 11 is 0. The lowest BCUT2D eigenvalue weighted by Crippen LogP contribution is -2.51. The molecule has 4 heteroatoms. The summed E-state index contributed by atoms with van der Waals surface area (Å²) in [5.74, 6) is -0.182. The van der Waals surface area contributed by atoms with Crippen molar-refractivity contribution in [2.75, 3.05) is 7.05 Å². The maximum absolute atomic E-state index is 11.2. The Labute approximate surface area is 73.3 Å². The zero-order chi connectivity index (χ0) is 9.72. The molecule has 0 aromatic rings. The van der Waals surface area contributed by atoms with Crippen LogP contribution in [-0.2, 0) is 4.79 Å². The number of carbonyl (C=O) groups excluding carboxylic acids is 1. The Morgan fingerprint density at radius 1 is 1.33 bits per heavy atom. The maximum Gasteiger partial charge on any atom is 0.239 e. The van der Waals surface area contributed by atoms with Crippen LogP contribution < -0.4 is 10.6 Å². The topological polar surface area (TPSA) is 61.4 Å². The van der Waals surface area contributed by atoms with E-state index in [0.29, 0.717) is 0 Å². The lowest BCUT2D eigenvalue weighted by molar-refractivity contribution is -0.125. The van der Waals surface area contributed by atoms with Crippen LogP contribution >= 0.6 is 0 Å². The maximum atomic E-state index is 11.2. The van der Waals surface area contributed by atoms with Crippen molar-refractivity contribution in [3.63, 3.8) is 0 Å². The van der Waals surface area contributed by atoms with Gasteiger partial charge < -0.3 is 15.7 Å². The summed E-state index contributed by atoms with van der Waals surface area (Å²) < 4.78 is 0. The number of hydrogen-bond donors (Lipinski definition) is 3. The number of aliphatic hydroxyl groups is 1. The van der Waals surface area contributed by atoms with Gasteiger partial charge >= 0.3 is 0 Å². The van der Waals surface area contributed by atoms with Crippen LogP contribution in [-0.4, -0.2) is 36.2 Å². The molecule has 2 atom stereocenters. The van der Waals surface area contributed by atoms with E-state index in [1.165, 1.54) is 0 Å².